The number of rotatable bonds is 3. The molecule has 1 aliphatic heterocycles. The summed E-state index contributed by atoms with van der Waals surface area (Å²) in [7, 11) is 0. The summed E-state index contributed by atoms with van der Waals surface area (Å²) in [6.45, 7) is 7.16. The van der Waals surface area contributed by atoms with Gasteiger partial charge in [0.15, 0.2) is 4.34 Å². The molecule has 5 nitrogen and oxygen atoms in total. The number of anilines is 1. The molecule has 136 valence electrons. The van der Waals surface area contributed by atoms with Crippen molar-refractivity contribution in [2.24, 2.45) is 0 Å². The highest BCUT2D eigenvalue weighted by molar-refractivity contribution is 8.00. The number of hydrogen-bond acceptors (Lipinski definition) is 6. The number of ether oxygens (including phenoxy) is 1. The molecule has 1 aromatic carbocycles. The molecule has 0 aliphatic carbocycles. The van der Waals surface area contributed by atoms with E-state index in [4.69, 9.17) is 4.74 Å². The van der Waals surface area contributed by atoms with Gasteiger partial charge in [-0.25, -0.2) is 9.78 Å². The Hall–Kier alpha value is -1.47. The van der Waals surface area contributed by atoms with Gasteiger partial charge in [-0.2, -0.15) is 0 Å². The second-order valence-corrected chi connectivity index (χ2v) is 9.34. The van der Waals surface area contributed by atoms with E-state index in [9.17, 15) is 4.79 Å². The number of benzene rings is 1. The first-order chi connectivity index (χ1) is 11.8. The summed E-state index contributed by atoms with van der Waals surface area (Å²) in [4.78, 5) is 18.5. The number of amides is 1. The van der Waals surface area contributed by atoms with Crippen LogP contribution in [0, 0.1) is 0 Å². The lowest BCUT2D eigenvalue weighted by atomic mass is 10.0. The van der Waals surface area contributed by atoms with Gasteiger partial charge in [0.25, 0.3) is 0 Å². The standard InChI is InChI=1S/C18H25N3O2S2/c1-18(2,3)23-17(22)21-9-7-12(8-10-21)19-13-5-6-14-15(11-13)25-16(20-14)24-4/h5-6,11-12,19H,7-10H2,1-4H3. The van der Waals surface area contributed by atoms with Crippen LogP contribution in [0.3, 0.4) is 0 Å². The zero-order valence-corrected chi connectivity index (χ0v) is 16.8. The van der Waals surface area contributed by atoms with Crippen molar-refractivity contribution in [2.45, 2.75) is 49.6 Å². The number of aromatic nitrogens is 1. The van der Waals surface area contributed by atoms with Crippen molar-refractivity contribution in [3.63, 3.8) is 0 Å². The quantitative estimate of drug-likeness (QED) is 0.774. The van der Waals surface area contributed by atoms with E-state index in [2.05, 4.69) is 34.8 Å². The topological polar surface area (TPSA) is 54.5 Å². The fourth-order valence-electron chi connectivity index (χ4n) is 2.85. The van der Waals surface area contributed by atoms with Crippen molar-refractivity contribution < 1.29 is 9.53 Å². The van der Waals surface area contributed by atoms with Crippen molar-refractivity contribution in [2.75, 3.05) is 24.7 Å². The molecule has 0 spiro atoms. The van der Waals surface area contributed by atoms with Crippen LogP contribution < -0.4 is 5.32 Å². The monoisotopic (exact) mass is 379 g/mol. The van der Waals surface area contributed by atoms with Crippen LogP contribution in [0.15, 0.2) is 22.5 Å². The minimum absolute atomic E-state index is 0.207. The average Bonchev–Trinajstić information content (AvgIpc) is 2.96. The molecule has 0 unspecified atom stereocenters. The number of carbonyl (C=O) groups excluding carboxylic acids is 1. The van der Waals surface area contributed by atoms with Crippen molar-refractivity contribution in [1.82, 2.24) is 9.88 Å². The number of fused-ring (bicyclic) bond motifs is 1. The summed E-state index contributed by atoms with van der Waals surface area (Å²) in [6, 6.07) is 6.72. The Labute approximate surface area is 157 Å². The Bertz CT molecular complexity index is 746. The van der Waals surface area contributed by atoms with Gasteiger partial charge in [0.2, 0.25) is 0 Å². The molecule has 2 aromatic rings. The molecule has 0 radical (unpaired) electrons. The number of thiazole rings is 1. The summed E-state index contributed by atoms with van der Waals surface area (Å²) in [5, 5.41) is 3.60. The van der Waals surface area contributed by atoms with Crippen LogP contribution >= 0.6 is 23.1 Å². The van der Waals surface area contributed by atoms with Gasteiger partial charge in [-0.05, 0) is 58.1 Å². The summed E-state index contributed by atoms with van der Waals surface area (Å²) in [5.41, 5.74) is 1.74. The van der Waals surface area contributed by atoms with Crippen LogP contribution in [0.2, 0.25) is 0 Å². The van der Waals surface area contributed by atoms with Crippen molar-refractivity contribution in [3.05, 3.63) is 18.2 Å². The number of nitrogens with zero attached hydrogens (tertiary/aromatic N) is 2. The van der Waals surface area contributed by atoms with E-state index in [1.165, 1.54) is 4.70 Å². The lowest BCUT2D eigenvalue weighted by molar-refractivity contribution is 0.0210. The van der Waals surface area contributed by atoms with Gasteiger partial charge in [-0.3, -0.25) is 0 Å². The first kappa shape index (κ1) is 18.3. The number of piperidine rings is 1. The zero-order valence-electron chi connectivity index (χ0n) is 15.2. The maximum Gasteiger partial charge on any atom is 0.410 e. The first-order valence-electron chi connectivity index (χ1n) is 8.53. The van der Waals surface area contributed by atoms with E-state index in [-0.39, 0.29) is 6.09 Å². The second-order valence-electron chi connectivity index (χ2n) is 7.25. The molecule has 25 heavy (non-hydrogen) atoms. The van der Waals surface area contributed by atoms with Gasteiger partial charge in [0.1, 0.15) is 5.60 Å². The molecular weight excluding hydrogens is 354 g/mol. The molecule has 0 bridgehead atoms. The maximum atomic E-state index is 12.1. The van der Waals surface area contributed by atoms with Crippen LogP contribution in [0.25, 0.3) is 10.2 Å². The van der Waals surface area contributed by atoms with E-state index in [0.717, 1.165) is 41.5 Å². The van der Waals surface area contributed by atoms with Crippen molar-refractivity contribution in [3.8, 4) is 0 Å². The smallest absolute Gasteiger partial charge is 0.410 e. The highest BCUT2D eigenvalue weighted by Crippen LogP contribution is 2.30. The normalized spacial score (nSPS) is 16.2. The lowest BCUT2D eigenvalue weighted by Crippen LogP contribution is -2.44. The Balaban J connectivity index is 1.56. The summed E-state index contributed by atoms with van der Waals surface area (Å²) < 4.78 is 7.75. The van der Waals surface area contributed by atoms with E-state index < -0.39 is 5.60 Å². The number of thioether (sulfide) groups is 1. The fraction of sp³-hybridized carbons (Fsp3) is 0.556. The van der Waals surface area contributed by atoms with Crippen LogP contribution in [0.5, 0.6) is 0 Å². The number of carbonyl (C=O) groups is 1. The van der Waals surface area contributed by atoms with E-state index in [1.54, 1.807) is 28.0 Å². The summed E-state index contributed by atoms with van der Waals surface area (Å²) >= 11 is 3.41. The van der Waals surface area contributed by atoms with Crippen molar-refractivity contribution >= 4 is 45.1 Å². The minimum atomic E-state index is -0.439. The summed E-state index contributed by atoms with van der Waals surface area (Å²) in [6.07, 6.45) is 3.70. The highest BCUT2D eigenvalue weighted by atomic mass is 32.2. The third kappa shape index (κ3) is 4.79. The largest absolute Gasteiger partial charge is 0.444 e. The molecule has 2 heterocycles. The molecular formula is C18H25N3O2S2. The molecule has 0 saturated carbocycles. The number of nitrogens with one attached hydrogen (secondary N) is 1. The molecule has 7 heteroatoms. The summed E-state index contributed by atoms with van der Waals surface area (Å²) in [5.74, 6) is 0. The van der Waals surface area contributed by atoms with Gasteiger partial charge >= 0.3 is 6.09 Å². The second kappa shape index (κ2) is 7.41. The molecule has 1 amide bonds. The van der Waals surface area contributed by atoms with Crippen molar-refractivity contribution in [1.29, 1.82) is 0 Å². The van der Waals surface area contributed by atoms with Gasteiger partial charge in [-0.1, -0.05) is 11.8 Å². The Kier molecular flexibility index (Phi) is 5.43. The lowest BCUT2D eigenvalue weighted by Gasteiger charge is -2.34. The molecule has 1 fully saturated rings. The molecule has 0 atom stereocenters. The van der Waals surface area contributed by atoms with Gasteiger partial charge < -0.3 is 15.0 Å². The first-order valence-corrected chi connectivity index (χ1v) is 10.6. The Morgan fingerprint density at radius 3 is 2.72 bits per heavy atom. The van der Waals surface area contributed by atoms with Gasteiger partial charge in [-0.15, -0.1) is 11.3 Å². The number of hydrogen-bond donors (Lipinski definition) is 1. The van der Waals surface area contributed by atoms with Crippen LogP contribution in [-0.2, 0) is 4.74 Å². The third-order valence-electron chi connectivity index (χ3n) is 4.06. The van der Waals surface area contributed by atoms with Crippen LogP contribution in [-0.4, -0.2) is 47.0 Å². The Morgan fingerprint density at radius 1 is 1.36 bits per heavy atom. The average molecular weight is 380 g/mol. The number of likely N-dealkylation sites (tertiary alicyclic amines) is 1. The predicted octanol–water partition coefficient (Wildman–Crippen LogP) is 4.83. The molecule has 1 N–H and O–H groups in total. The molecule has 1 aliphatic rings. The molecule has 1 aromatic heterocycles. The molecule has 3 rings (SSSR count). The maximum absolute atomic E-state index is 12.1. The SMILES string of the molecule is CSc1nc2ccc(NC3CCN(C(=O)OC(C)(C)C)CC3)cc2s1. The fourth-order valence-corrected chi connectivity index (χ4v) is 4.38. The van der Waals surface area contributed by atoms with Crippen LogP contribution in [0.4, 0.5) is 10.5 Å². The highest BCUT2D eigenvalue weighted by Gasteiger charge is 2.26. The third-order valence-corrected chi connectivity index (χ3v) is 6.06. The van der Waals surface area contributed by atoms with E-state index in [1.807, 2.05) is 20.8 Å². The van der Waals surface area contributed by atoms with Gasteiger partial charge in [0, 0.05) is 24.8 Å². The van der Waals surface area contributed by atoms with Crippen LogP contribution in [0.1, 0.15) is 33.6 Å². The van der Waals surface area contributed by atoms with E-state index >= 15 is 0 Å². The zero-order chi connectivity index (χ0) is 18.0. The minimum Gasteiger partial charge on any atom is -0.444 e. The van der Waals surface area contributed by atoms with E-state index in [0.29, 0.717) is 6.04 Å². The van der Waals surface area contributed by atoms with Gasteiger partial charge in [0.05, 0.1) is 10.2 Å². The Morgan fingerprint density at radius 2 is 2.08 bits per heavy atom. The predicted molar refractivity (Wildman–Crippen MR) is 106 cm³/mol. The molecule has 1 saturated heterocycles.